The summed E-state index contributed by atoms with van der Waals surface area (Å²) >= 11 is 0. The molecule has 0 radical (unpaired) electrons. The number of ketones is 1. The molecule has 3 heterocycles. The van der Waals surface area contributed by atoms with Crippen molar-refractivity contribution in [3.05, 3.63) is 46.9 Å². The predicted molar refractivity (Wildman–Crippen MR) is 115 cm³/mol. The molecule has 33 heavy (non-hydrogen) atoms. The van der Waals surface area contributed by atoms with Gasteiger partial charge in [0.05, 0.1) is 31.2 Å². The second kappa shape index (κ2) is 8.20. The number of nitrogens with zero attached hydrogens (tertiary/aromatic N) is 2. The fourth-order valence-electron chi connectivity index (χ4n) is 4.96. The van der Waals surface area contributed by atoms with Crippen LogP contribution in [0.1, 0.15) is 43.6 Å². The van der Waals surface area contributed by atoms with Crippen molar-refractivity contribution in [2.75, 3.05) is 18.6 Å². The van der Waals surface area contributed by atoms with Crippen LogP contribution < -0.4 is 14.4 Å². The number of ether oxygens (including phenoxy) is 3. The van der Waals surface area contributed by atoms with Crippen LogP contribution in [-0.4, -0.2) is 42.8 Å². The van der Waals surface area contributed by atoms with Crippen LogP contribution in [0.4, 0.5) is 10.2 Å². The Labute approximate surface area is 190 Å². The largest absolute Gasteiger partial charge is 0.493 e. The van der Waals surface area contributed by atoms with Gasteiger partial charge in [0.1, 0.15) is 18.0 Å². The predicted octanol–water partition coefficient (Wildman–Crippen LogP) is 3.84. The number of fused-ring (bicyclic) bond motifs is 1. The van der Waals surface area contributed by atoms with Gasteiger partial charge in [0.2, 0.25) is 0 Å². The summed E-state index contributed by atoms with van der Waals surface area (Å²) in [6.45, 7) is 4.04. The maximum Gasteiger partial charge on any atom is 0.295 e. The SMILES string of the molecule is CCOc1ccc(C2C3=C(OC4CCC(F)CC4C3=O)C(=O)N2c2cc(C)on2)cc1OC. The number of halogens is 1. The first-order chi connectivity index (χ1) is 15.9. The lowest BCUT2D eigenvalue weighted by atomic mass is 9.77. The minimum atomic E-state index is -1.06. The lowest BCUT2D eigenvalue weighted by Gasteiger charge is -2.36. The number of methoxy groups -OCH3 is 1. The molecular weight excluding hydrogens is 431 g/mol. The molecule has 1 amide bonds. The summed E-state index contributed by atoms with van der Waals surface area (Å²) in [5, 5.41) is 4.02. The maximum absolute atomic E-state index is 14.2. The molecule has 2 aliphatic heterocycles. The molecule has 2 aromatic rings. The fraction of sp³-hybridized carbons (Fsp3) is 0.458. The first kappa shape index (κ1) is 21.5. The summed E-state index contributed by atoms with van der Waals surface area (Å²) in [4.78, 5) is 28.6. The number of hydrogen-bond donors (Lipinski definition) is 0. The molecule has 0 N–H and O–H groups in total. The Kier molecular flexibility index (Phi) is 5.34. The van der Waals surface area contributed by atoms with Crippen molar-refractivity contribution in [1.82, 2.24) is 5.16 Å². The van der Waals surface area contributed by atoms with Gasteiger partial charge in [-0.05, 0) is 50.8 Å². The first-order valence-electron chi connectivity index (χ1n) is 11.1. The number of carbonyl (C=O) groups is 2. The molecule has 1 saturated carbocycles. The molecule has 8 nitrogen and oxygen atoms in total. The number of Topliss-reactive ketones (excluding diaryl/α,β-unsaturated/α-hetero) is 1. The molecule has 174 valence electrons. The minimum Gasteiger partial charge on any atom is -0.493 e. The highest BCUT2D eigenvalue weighted by Crippen LogP contribution is 2.49. The molecule has 0 saturated heterocycles. The number of alkyl halides is 1. The van der Waals surface area contributed by atoms with E-state index in [-0.39, 0.29) is 29.4 Å². The third kappa shape index (κ3) is 3.46. The average molecular weight is 456 g/mol. The molecule has 1 aromatic heterocycles. The van der Waals surface area contributed by atoms with Gasteiger partial charge < -0.3 is 18.7 Å². The maximum atomic E-state index is 14.2. The monoisotopic (exact) mass is 456 g/mol. The van der Waals surface area contributed by atoms with E-state index < -0.39 is 30.1 Å². The van der Waals surface area contributed by atoms with Crippen LogP contribution in [0.2, 0.25) is 0 Å². The standard InChI is InChI=1S/C24H25FN2O6/c1-4-31-17-7-5-13(10-18(17)30-3)21-20-22(28)15-11-14(25)6-8-16(15)32-23(20)24(29)27(21)19-9-12(2)33-26-19/h5,7,9-10,14-16,21H,4,6,8,11H2,1-3H3. The Bertz CT molecular complexity index is 1140. The average Bonchev–Trinajstić information content (AvgIpc) is 3.36. The van der Waals surface area contributed by atoms with E-state index in [2.05, 4.69) is 5.16 Å². The lowest BCUT2D eigenvalue weighted by molar-refractivity contribution is -0.133. The smallest absolute Gasteiger partial charge is 0.295 e. The lowest BCUT2D eigenvalue weighted by Crippen LogP contribution is -2.42. The summed E-state index contributed by atoms with van der Waals surface area (Å²) in [6, 6.07) is 6.07. The van der Waals surface area contributed by atoms with Crippen LogP contribution in [0.5, 0.6) is 11.5 Å². The van der Waals surface area contributed by atoms with E-state index in [1.54, 1.807) is 31.2 Å². The zero-order valence-electron chi connectivity index (χ0n) is 18.7. The van der Waals surface area contributed by atoms with E-state index >= 15 is 0 Å². The highest BCUT2D eigenvalue weighted by molar-refractivity contribution is 6.17. The number of hydrogen-bond acceptors (Lipinski definition) is 7. The summed E-state index contributed by atoms with van der Waals surface area (Å²) < 4.78 is 36.5. The Morgan fingerprint density at radius 2 is 2.03 bits per heavy atom. The van der Waals surface area contributed by atoms with Crippen molar-refractivity contribution in [3.63, 3.8) is 0 Å². The molecule has 4 atom stereocenters. The molecule has 3 aliphatic rings. The molecular formula is C24H25FN2O6. The van der Waals surface area contributed by atoms with E-state index in [9.17, 15) is 14.0 Å². The van der Waals surface area contributed by atoms with E-state index in [1.165, 1.54) is 12.0 Å². The zero-order chi connectivity index (χ0) is 23.3. The summed E-state index contributed by atoms with van der Waals surface area (Å²) in [5.74, 6) is 0.478. The number of benzene rings is 1. The van der Waals surface area contributed by atoms with Crippen molar-refractivity contribution in [3.8, 4) is 11.5 Å². The Balaban J connectivity index is 1.64. The molecule has 0 bridgehead atoms. The van der Waals surface area contributed by atoms with E-state index in [4.69, 9.17) is 18.7 Å². The number of anilines is 1. The Morgan fingerprint density at radius 3 is 2.73 bits per heavy atom. The Hall–Kier alpha value is -3.36. The van der Waals surface area contributed by atoms with Crippen LogP contribution in [0.15, 0.2) is 40.1 Å². The number of aryl methyl sites for hydroxylation is 1. The summed E-state index contributed by atoms with van der Waals surface area (Å²) in [6.07, 6.45) is -0.752. The van der Waals surface area contributed by atoms with Gasteiger partial charge in [0, 0.05) is 6.07 Å². The Morgan fingerprint density at radius 1 is 1.21 bits per heavy atom. The molecule has 5 rings (SSSR count). The molecule has 1 fully saturated rings. The second-order valence-corrected chi connectivity index (χ2v) is 8.50. The van der Waals surface area contributed by atoms with Crippen LogP contribution in [0, 0.1) is 12.8 Å². The van der Waals surface area contributed by atoms with Gasteiger partial charge >= 0.3 is 0 Å². The van der Waals surface area contributed by atoms with Gasteiger partial charge in [0.25, 0.3) is 5.91 Å². The first-order valence-corrected chi connectivity index (χ1v) is 11.1. The van der Waals surface area contributed by atoms with Gasteiger partial charge in [-0.25, -0.2) is 4.39 Å². The molecule has 9 heteroatoms. The number of aromatic nitrogens is 1. The van der Waals surface area contributed by atoms with E-state index in [0.29, 0.717) is 42.3 Å². The van der Waals surface area contributed by atoms with Gasteiger partial charge in [-0.2, -0.15) is 0 Å². The molecule has 1 aromatic carbocycles. The highest BCUT2D eigenvalue weighted by Gasteiger charge is 2.54. The third-order valence-corrected chi connectivity index (χ3v) is 6.45. The van der Waals surface area contributed by atoms with Gasteiger partial charge in [-0.3, -0.25) is 14.5 Å². The third-order valence-electron chi connectivity index (χ3n) is 6.45. The second-order valence-electron chi connectivity index (χ2n) is 8.50. The van der Waals surface area contributed by atoms with Crippen LogP contribution in [0.3, 0.4) is 0 Å². The van der Waals surface area contributed by atoms with E-state index in [0.717, 1.165) is 0 Å². The van der Waals surface area contributed by atoms with Gasteiger partial charge in [0.15, 0.2) is 28.9 Å². The normalized spacial score (nSPS) is 26.7. The molecule has 0 spiro atoms. The van der Waals surface area contributed by atoms with Crippen molar-refractivity contribution < 1.29 is 32.7 Å². The number of rotatable bonds is 5. The summed E-state index contributed by atoms with van der Waals surface area (Å²) in [7, 11) is 1.52. The van der Waals surface area contributed by atoms with Crippen molar-refractivity contribution in [2.45, 2.75) is 51.4 Å². The van der Waals surface area contributed by atoms with Gasteiger partial charge in [-0.1, -0.05) is 11.2 Å². The fourth-order valence-corrected chi connectivity index (χ4v) is 4.96. The van der Waals surface area contributed by atoms with Crippen molar-refractivity contribution in [2.24, 2.45) is 5.92 Å². The highest BCUT2D eigenvalue weighted by atomic mass is 19.1. The van der Waals surface area contributed by atoms with Crippen LogP contribution in [-0.2, 0) is 14.3 Å². The molecule has 1 aliphatic carbocycles. The number of amides is 1. The summed E-state index contributed by atoms with van der Waals surface area (Å²) in [5.41, 5.74) is 0.847. The van der Waals surface area contributed by atoms with Crippen LogP contribution >= 0.6 is 0 Å². The van der Waals surface area contributed by atoms with Gasteiger partial charge in [-0.15, -0.1) is 0 Å². The van der Waals surface area contributed by atoms with Crippen molar-refractivity contribution >= 4 is 17.5 Å². The zero-order valence-corrected chi connectivity index (χ0v) is 18.7. The minimum absolute atomic E-state index is 0.0112. The number of carbonyl (C=O) groups excluding carboxylic acids is 2. The topological polar surface area (TPSA) is 91.1 Å². The van der Waals surface area contributed by atoms with E-state index in [1.807, 2.05) is 6.92 Å². The van der Waals surface area contributed by atoms with Crippen LogP contribution in [0.25, 0.3) is 0 Å². The van der Waals surface area contributed by atoms with Crippen molar-refractivity contribution in [1.29, 1.82) is 0 Å². The molecule has 4 unspecified atom stereocenters. The quantitative estimate of drug-likeness (QED) is 0.675.